The zero-order valence-corrected chi connectivity index (χ0v) is 9.68. The van der Waals surface area contributed by atoms with Gasteiger partial charge in [-0.15, -0.1) is 0 Å². The molecular weight excluding hydrogens is 192 g/mol. The van der Waals surface area contributed by atoms with Gasteiger partial charge in [-0.25, -0.2) is 0 Å². The van der Waals surface area contributed by atoms with Crippen LogP contribution in [-0.4, -0.2) is 24.9 Å². The molecule has 0 fully saturated rings. The summed E-state index contributed by atoms with van der Waals surface area (Å²) in [5.41, 5.74) is 6.84. The standard InChI is InChI=1S/C11H18N2S/c1-13(2)14-11-7-5-10(6-8-11)4-3-9-12/h5-8H,3-4,9,12H2,1-2H3. The topological polar surface area (TPSA) is 29.3 Å². The van der Waals surface area contributed by atoms with Crippen molar-refractivity contribution in [2.24, 2.45) is 5.73 Å². The first-order valence-electron chi connectivity index (χ1n) is 4.86. The van der Waals surface area contributed by atoms with Gasteiger partial charge in [0, 0.05) is 4.90 Å². The summed E-state index contributed by atoms with van der Waals surface area (Å²) in [6.07, 6.45) is 2.16. The van der Waals surface area contributed by atoms with E-state index < -0.39 is 0 Å². The molecular formula is C11H18N2S. The molecule has 1 aromatic carbocycles. The molecule has 2 N–H and O–H groups in total. The van der Waals surface area contributed by atoms with Gasteiger partial charge in [-0.1, -0.05) is 12.1 Å². The minimum Gasteiger partial charge on any atom is -0.330 e. The van der Waals surface area contributed by atoms with Gasteiger partial charge >= 0.3 is 0 Å². The molecule has 0 radical (unpaired) electrons. The highest BCUT2D eigenvalue weighted by molar-refractivity contribution is 7.97. The van der Waals surface area contributed by atoms with Gasteiger partial charge in [0.2, 0.25) is 0 Å². The van der Waals surface area contributed by atoms with E-state index in [1.54, 1.807) is 11.9 Å². The Hall–Kier alpha value is -0.510. The van der Waals surface area contributed by atoms with Crippen molar-refractivity contribution in [2.75, 3.05) is 20.6 Å². The van der Waals surface area contributed by atoms with Crippen molar-refractivity contribution < 1.29 is 0 Å². The van der Waals surface area contributed by atoms with Crippen molar-refractivity contribution in [2.45, 2.75) is 17.7 Å². The first kappa shape index (κ1) is 11.6. The molecule has 0 amide bonds. The van der Waals surface area contributed by atoms with Gasteiger partial charge in [0.15, 0.2) is 0 Å². The molecule has 3 heteroatoms. The molecule has 1 aromatic rings. The van der Waals surface area contributed by atoms with Crippen LogP contribution in [0.3, 0.4) is 0 Å². The molecule has 0 bridgehead atoms. The first-order chi connectivity index (χ1) is 6.72. The highest BCUT2D eigenvalue weighted by Gasteiger charge is 1.96. The Morgan fingerprint density at radius 1 is 1.21 bits per heavy atom. The van der Waals surface area contributed by atoms with Crippen molar-refractivity contribution in [3.8, 4) is 0 Å². The maximum atomic E-state index is 5.46. The predicted molar refractivity (Wildman–Crippen MR) is 63.4 cm³/mol. The van der Waals surface area contributed by atoms with Crippen LogP contribution >= 0.6 is 11.9 Å². The molecule has 0 aromatic heterocycles. The maximum absolute atomic E-state index is 5.46. The van der Waals surface area contributed by atoms with Gasteiger partial charge in [-0.3, -0.25) is 4.31 Å². The van der Waals surface area contributed by atoms with Gasteiger partial charge < -0.3 is 5.73 Å². The first-order valence-corrected chi connectivity index (χ1v) is 5.64. The van der Waals surface area contributed by atoms with Gasteiger partial charge in [-0.2, -0.15) is 0 Å². The molecule has 0 atom stereocenters. The van der Waals surface area contributed by atoms with E-state index in [4.69, 9.17) is 5.73 Å². The fourth-order valence-corrected chi connectivity index (χ4v) is 1.91. The second-order valence-electron chi connectivity index (χ2n) is 3.44. The lowest BCUT2D eigenvalue weighted by molar-refractivity contribution is 0.702. The lowest BCUT2D eigenvalue weighted by Gasteiger charge is -2.08. The van der Waals surface area contributed by atoms with Crippen LogP contribution in [0.4, 0.5) is 0 Å². The second kappa shape index (κ2) is 6.06. The minimum atomic E-state index is 0.772. The lowest BCUT2D eigenvalue weighted by Crippen LogP contribution is -2.00. The summed E-state index contributed by atoms with van der Waals surface area (Å²) >= 11 is 1.74. The third-order valence-corrected chi connectivity index (χ3v) is 2.73. The van der Waals surface area contributed by atoms with Gasteiger partial charge in [0.25, 0.3) is 0 Å². The Balaban J connectivity index is 2.50. The normalized spacial score (nSPS) is 10.9. The van der Waals surface area contributed by atoms with E-state index in [-0.39, 0.29) is 0 Å². The van der Waals surface area contributed by atoms with Gasteiger partial charge in [0.05, 0.1) is 0 Å². The number of nitrogens with zero attached hydrogens (tertiary/aromatic N) is 1. The summed E-state index contributed by atoms with van der Waals surface area (Å²) in [4.78, 5) is 1.28. The van der Waals surface area contributed by atoms with E-state index in [2.05, 4.69) is 28.6 Å². The van der Waals surface area contributed by atoms with Crippen LogP contribution in [0.1, 0.15) is 12.0 Å². The highest BCUT2D eigenvalue weighted by Crippen LogP contribution is 2.20. The van der Waals surface area contributed by atoms with Crippen LogP contribution in [0, 0.1) is 0 Å². The zero-order valence-electron chi connectivity index (χ0n) is 8.86. The Morgan fingerprint density at radius 2 is 1.86 bits per heavy atom. The maximum Gasteiger partial charge on any atom is 0.0230 e. The van der Waals surface area contributed by atoms with E-state index in [9.17, 15) is 0 Å². The smallest absolute Gasteiger partial charge is 0.0230 e. The van der Waals surface area contributed by atoms with E-state index in [0.717, 1.165) is 19.4 Å². The number of hydrogen-bond donors (Lipinski definition) is 1. The van der Waals surface area contributed by atoms with E-state index >= 15 is 0 Å². The summed E-state index contributed by atoms with van der Waals surface area (Å²) in [5.74, 6) is 0. The molecule has 0 saturated carbocycles. The number of rotatable bonds is 5. The summed E-state index contributed by atoms with van der Waals surface area (Å²) in [6.45, 7) is 0.772. The largest absolute Gasteiger partial charge is 0.330 e. The third kappa shape index (κ3) is 4.13. The average molecular weight is 210 g/mol. The number of benzene rings is 1. The van der Waals surface area contributed by atoms with Crippen LogP contribution in [-0.2, 0) is 6.42 Å². The Labute approximate surface area is 90.6 Å². The van der Waals surface area contributed by atoms with Crippen LogP contribution < -0.4 is 5.73 Å². The summed E-state index contributed by atoms with van der Waals surface area (Å²) in [7, 11) is 4.10. The van der Waals surface area contributed by atoms with E-state index in [1.165, 1.54) is 10.5 Å². The second-order valence-corrected chi connectivity index (χ2v) is 4.82. The van der Waals surface area contributed by atoms with Crippen LogP contribution in [0.2, 0.25) is 0 Å². The summed E-state index contributed by atoms with van der Waals surface area (Å²) < 4.78 is 2.09. The molecule has 0 aliphatic carbocycles. The van der Waals surface area contributed by atoms with Crippen LogP contribution in [0.25, 0.3) is 0 Å². The zero-order chi connectivity index (χ0) is 10.4. The Bertz CT molecular complexity index is 256. The molecule has 0 aliphatic heterocycles. The Kier molecular flexibility index (Phi) is 5.01. The summed E-state index contributed by atoms with van der Waals surface area (Å²) in [6, 6.07) is 8.69. The van der Waals surface area contributed by atoms with Crippen molar-refractivity contribution in [1.82, 2.24) is 4.31 Å². The number of nitrogens with two attached hydrogens (primary N) is 1. The highest BCUT2D eigenvalue weighted by atomic mass is 32.2. The van der Waals surface area contributed by atoms with Crippen molar-refractivity contribution in [1.29, 1.82) is 0 Å². The quantitative estimate of drug-likeness (QED) is 0.755. The van der Waals surface area contributed by atoms with Crippen LogP contribution in [0.5, 0.6) is 0 Å². The summed E-state index contributed by atoms with van der Waals surface area (Å²) in [5, 5.41) is 0. The number of hydrogen-bond acceptors (Lipinski definition) is 3. The third-order valence-electron chi connectivity index (χ3n) is 1.88. The van der Waals surface area contributed by atoms with E-state index in [0.29, 0.717) is 0 Å². The fourth-order valence-electron chi connectivity index (χ4n) is 1.23. The molecule has 2 nitrogen and oxygen atoms in total. The lowest BCUT2D eigenvalue weighted by atomic mass is 10.1. The molecule has 0 saturated heterocycles. The fraction of sp³-hybridized carbons (Fsp3) is 0.455. The van der Waals surface area contributed by atoms with Gasteiger partial charge in [-0.05, 0) is 63.1 Å². The molecule has 0 heterocycles. The molecule has 78 valence electrons. The SMILES string of the molecule is CN(C)Sc1ccc(CCCN)cc1. The van der Waals surface area contributed by atoms with Gasteiger partial charge in [0.1, 0.15) is 0 Å². The minimum absolute atomic E-state index is 0.772. The van der Waals surface area contributed by atoms with Crippen molar-refractivity contribution in [3.63, 3.8) is 0 Å². The average Bonchev–Trinajstić information content (AvgIpc) is 2.16. The molecule has 0 spiro atoms. The molecule has 0 unspecified atom stereocenters. The predicted octanol–water partition coefficient (Wildman–Crippen LogP) is 2.15. The van der Waals surface area contributed by atoms with E-state index in [1.807, 2.05) is 14.1 Å². The Morgan fingerprint density at radius 3 is 2.36 bits per heavy atom. The molecule has 1 rings (SSSR count). The monoisotopic (exact) mass is 210 g/mol. The van der Waals surface area contributed by atoms with Crippen molar-refractivity contribution >= 4 is 11.9 Å². The van der Waals surface area contributed by atoms with Crippen molar-refractivity contribution in [3.05, 3.63) is 29.8 Å². The number of aryl methyl sites for hydroxylation is 1. The molecule has 14 heavy (non-hydrogen) atoms. The molecule has 0 aliphatic rings. The van der Waals surface area contributed by atoms with Crippen LogP contribution in [0.15, 0.2) is 29.2 Å².